The van der Waals surface area contributed by atoms with E-state index in [2.05, 4.69) is 17.0 Å². The van der Waals surface area contributed by atoms with Crippen LogP contribution in [0.25, 0.3) is 0 Å². The zero-order valence-electron chi connectivity index (χ0n) is 6.09. The fourth-order valence-electron chi connectivity index (χ4n) is 0.776. The molecule has 4 nitrogen and oxygen atoms in total. The zero-order valence-corrected chi connectivity index (χ0v) is 6.09. The van der Waals surface area contributed by atoms with Gasteiger partial charge in [-0.2, -0.15) is 0 Å². The molecule has 0 aromatic heterocycles. The van der Waals surface area contributed by atoms with E-state index in [9.17, 15) is 9.59 Å². The van der Waals surface area contributed by atoms with Gasteiger partial charge in [0.15, 0.2) is 0 Å². The van der Waals surface area contributed by atoms with Gasteiger partial charge in [0.2, 0.25) is 5.76 Å². The van der Waals surface area contributed by atoms with Gasteiger partial charge in [-0.15, -0.1) is 0 Å². The van der Waals surface area contributed by atoms with Crippen LogP contribution in [0.3, 0.4) is 0 Å². The molecule has 0 radical (unpaired) electrons. The molecule has 1 saturated heterocycles. The Hall–Kier alpha value is -1.54. The number of carbonyl (C=O) groups excluding carboxylic acids is 2. The maximum absolute atomic E-state index is 11.0. The Labute approximate surface area is 63.7 Å². The minimum Gasteiger partial charge on any atom is -0.395 e. The van der Waals surface area contributed by atoms with Gasteiger partial charge in [-0.05, 0) is 6.92 Å². The van der Waals surface area contributed by atoms with Crippen molar-refractivity contribution in [2.24, 2.45) is 0 Å². The number of rotatable bonds is 1. The van der Waals surface area contributed by atoms with E-state index in [0.29, 0.717) is 6.54 Å². The van der Waals surface area contributed by atoms with Gasteiger partial charge in [0.05, 0.1) is 0 Å². The van der Waals surface area contributed by atoms with Gasteiger partial charge < -0.3 is 4.74 Å². The molecular weight excluding hydrogens is 146 g/mol. The molecule has 0 spiro atoms. The Balaban J connectivity index is 2.97. The molecule has 58 valence electrons. The molecule has 0 aromatic rings. The van der Waals surface area contributed by atoms with E-state index in [0.717, 1.165) is 4.90 Å². The summed E-state index contributed by atoms with van der Waals surface area (Å²) in [4.78, 5) is 22.8. The number of nitrogens with zero attached hydrogens (tertiary/aromatic N) is 1. The van der Waals surface area contributed by atoms with E-state index < -0.39 is 12.0 Å². The summed E-state index contributed by atoms with van der Waals surface area (Å²) >= 11 is 0. The number of likely N-dealkylation sites (N-methyl/N-ethyl adjacent to an activating group) is 1. The third-order valence-corrected chi connectivity index (χ3v) is 1.33. The molecule has 0 atom stereocenters. The molecule has 0 aromatic carbocycles. The second-order valence-electron chi connectivity index (χ2n) is 1.92. The lowest BCUT2D eigenvalue weighted by atomic mass is 10.4. The average Bonchev–Trinajstić information content (AvgIpc) is 2.26. The normalized spacial score (nSPS) is 16.8. The molecule has 1 fully saturated rings. The molecule has 0 bridgehead atoms. The summed E-state index contributed by atoms with van der Waals surface area (Å²) in [5, 5.41) is 0. The Morgan fingerprint density at radius 3 is 2.55 bits per heavy atom. The molecule has 1 aliphatic heterocycles. The van der Waals surface area contributed by atoms with Crippen molar-refractivity contribution >= 4 is 12.0 Å². The van der Waals surface area contributed by atoms with Crippen LogP contribution in [0.5, 0.6) is 0 Å². The third kappa shape index (κ3) is 1.04. The van der Waals surface area contributed by atoms with Gasteiger partial charge in [-0.1, -0.05) is 12.3 Å². The monoisotopic (exact) mass is 153 g/mol. The maximum Gasteiger partial charge on any atom is 0.423 e. The molecular formula is C7H7NO3. The number of imide groups is 1. The first-order valence-corrected chi connectivity index (χ1v) is 3.14. The molecule has 1 rings (SSSR count). The van der Waals surface area contributed by atoms with Gasteiger partial charge >= 0.3 is 12.0 Å². The second-order valence-corrected chi connectivity index (χ2v) is 1.92. The summed E-state index contributed by atoms with van der Waals surface area (Å²) in [6.07, 6.45) is -0.649. The molecule has 2 amide bonds. The van der Waals surface area contributed by atoms with E-state index >= 15 is 0 Å². The molecule has 11 heavy (non-hydrogen) atoms. The minimum absolute atomic E-state index is 0.114. The quantitative estimate of drug-likeness (QED) is 0.410. The molecule has 0 aliphatic carbocycles. The first-order valence-electron chi connectivity index (χ1n) is 3.14. The highest BCUT2D eigenvalue weighted by atomic mass is 16.6. The number of hydrogen-bond acceptors (Lipinski definition) is 3. The Morgan fingerprint density at radius 2 is 2.27 bits per heavy atom. The smallest absolute Gasteiger partial charge is 0.395 e. The predicted molar refractivity (Wildman–Crippen MR) is 36.5 cm³/mol. The molecule has 1 heterocycles. The molecule has 0 N–H and O–H groups in total. The van der Waals surface area contributed by atoms with Crippen molar-refractivity contribution in [3.63, 3.8) is 0 Å². The van der Waals surface area contributed by atoms with Crippen molar-refractivity contribution in [3.8, 4) is 0 Å². The van der Waals surface area contributed by atoms with Crippen LogP contribution in [0, 0.1) is 0 Å². The van der Waals surface area contributed by atoms with E-state index in [-0.39, 0.29) is 5.76 Å². The maximum atomic E-state index is 11.0. The standard InChI is InChI=1S/C7H7NO3/c1-3-5-6(9)8(4-2)7(10)11-5/h1,4H2,2H3. The zero-order chi connectivity index (χ0) is 8.43. The largest absolute Gasteiger partial charge is 0.423 e. The summed E-state index contributed by atoms with van der Waals surface area (Å²) in [7, 11) is 0. The molecule has 0 saturated carbocycles. The number of amides is 2. The predicted octanol–water partition coefficient (Wildman–Crippen LogP) is 0.654. The number of hydrogen-bond donors (Lipinski definition) is 0. The van der Waals surface area contributed by atoms with Crippen LogP contribution < -0.4 is 0 Å². The topological polar surface area (TPSA) is 46.6 Å². The van der Waals surface area contributed by atoms with Crippen LogP contribution in [-0.4, -0.2) is 23.4 Å². The van der Waals surface area contributed by atoms with Crippen LogP contribution in [0.1, 0.15) is 6.92 Å². The van der Waals surface area contributed by atoms with E-state index in [1.807, 2.05) is 0 Å². The third-order valence-electron chi connectivity index (χ3n) is 1.33. The summed E-state index contributed by atoms with van der Waals surface area (Å²) in [6.45, 7) is 5.20. The van der Waals surface area contributed by atoms with Gasteiger partial charge in [0.1, 0.15) is 0 Å². The summed E-state index contributed by atoms with van der Waals surface area (Å²) < 4.78 is 4.51. The molecule has 0 unspecified atom stereocenters. The van der Waals surface area contributed by atoms with Crippen LogP contribution in [0.4, 0.5) is 4.79 Å². The van der Waals surface area contributed by atoms with Gasteiger partial charge in [0, 0.05) is 6.54 Å². The van der Waals surface area contributed by atoms with Crippen LogP contribution in [0.2, 0.25) is 0 Å². The van der Waals surface area contributed by atoms with E-state index in [1.54, 1.807) is 6.92 Å². The van der Waals surface area contributed by atoms with Crippen LogP contribution in [-0.2, 0) is 9.53 Å². The Kier molecular flexibility index (Phi) is 1.79. The highest BCUT2D eigenvalue weighted by Gasteiger charge is 2.34. The van der Waals surface area contributed by atoms with E-state index in [1.165, 1.54) is 0 Å². The number of cyclic esters (lactones) is 1. The van der Waals surface area contributed by atoms with Gasteiger partial charge in [0.25, 0.3) is 0 Å². The van der Waals surface area contributed by atoms with Crippen LogP contribution in [0.15, 0.2) is 18.1 Å². The first kappa shape index (κ1) is 7.57. The fourth-order valence-corrected chi connectivity index (χ4v) is 0.776. The summed E-state index contributed by atoms with van der Waals surface area (Å²) in [5.41, 5.74) is 2.24. The second kappa shape index (κ2) is 2.60. The van der Waals surface area contributed by atoms with Gasteiger partial charge in [-0.25, -0.2) is 9.69 Å². The van der Waals surface area contributed by atoms with Gasteiger partial charge in [-0.3, -0.25) is 4.79 Å². The summed E-state index contributed by atoms with van der Waals surface area (Å²) in [5.74, 6) is -0.579. The molecule has 4 heteroatoms. The number of carbonyl (C=O) groups is 2. The van der Waals surface area contributed by atoms with Crippen molar-refractivity contribution in [1.29, 1.82) is 0 Å². The first-order chi connectivity index (χ1) is 5.20. The average molecular weight is 153 g/mol. The fraction of sp³-hybridized carbons (Fsp3) is 0.286. The van der Waals surface area contributed by atoms with Crippen molar-refractivity contribution in [3.05, 3.63) is 18.1 Å². The number of ether oxygens (including phenoxy) is 1. The Morgan fingerprint density at radius 1 is 1.64 bits per heavy atom. The lowest BCUT2D eigenvalue weighted by Crippen LogP contribution is -2.27. The van der Waals surface area contributed by atoms with Crippen molar-refractivity contribution in [2.75, 3.05) is 6.54 Å². The van der Waals surface area contributed by atoms with Crippen molar-refractivity contribution < 1.29 is 14.3 Å². The Bertz CT molecular complexity index is 263. The highest BCUT2D eigenvalue weighted by Crippen LogP contribution is 2.13. The molecule has 1 aliphatic rings. The van der Waals surface area contributed by atoms with Crippen LogP contribution >= 0.6 is 0 Å². The minimum atomic E-state index is -0.649. The summed E-state index contributed by atoms with van der Waals surface area (Å²) in [6, 6.07) is 0. The lowest BCUT2D eigenvalue weighted by Gasteiger charge is -2.03. The van der Waals surface area contributed by atoms with E-state index in [4.69, 9.17) is 0 Å². The lowest BCUT2D eigenvalue weighted by molar-refractivity contribution is -0.123. The van der Waals surface area contributed by atoms with Crippen molar-refractivity contribution in [1.82, 2.24) is 4.90 Å². The SMILES string of the molecule is C=C=C1OC(=O)N(CC)C1=O. The highest BCUT2D eigenvalue weighted by molar-refractivity contribution is 6.07. The van der Waals surface area contributed by atoms with Crippen molar-refractivity contribution in [2.45, 2.75) is 6.92 Å².